The van der Waals surface area contributed by atoms with Crippen LogP contribution >= 0.6 is 0 Å². The molecule has 0 saturated heterocycles. The molecule has 0 aliphatic heterocycles. The van der Waals surface area contributed by atoms with Crippen LogP contribution in [-0.4, -0.2) is 26.7 Å². The average molecular weight is 286 g/mol. The maximum absolute atomic E-state index is 6.24. The Morgan fingerprint density at radius 1 is 1.38 bits per heavy atom. The van der Waals surface area contributed by atoms with Gasteiger partial charge in [0.15, 0.2) is 0 Å². The maximum atomic E-state index is 6.24. The zero-order valence-corrected chi connectivity index (χ0v) is 13.0. The number of methoxy groups -OCH3 is 1. The quantitative estimate of drug-likeness (QED) is 0.507. The van der Waals surface area contributed by atoms with E-state index in [1.54, 1.807) is 14.2 Å². The Labute approximate surface area is 125 Å². The fourth-order valence-corrected chi connectivity index (χ4v) is 2.96. The average Bonchev–Trinajstić information content (AvgIpc) is 2.45. The summed E-state index contributed by atoms with van der Waals surface area (Å²) in [4.78, 5) is 8.33. The SMILES string of the molecule is C=NC1=C(C(N)=NC)C(C)(C)Cc2c1ccc(OC)c2N. The molecule has 0 aromatic heterocycles. The van der Waals surface area contributed by atoms with Crippen molar-refractivity contribution in [3.8, 4) is 5.75 Å². The molecule has 112 valence electrons. The number of nitrogens with zero attached hydrogens (tertiary/aromatic N) is 2. The summed E-state index contributed by atoms with van der Waals surface area (Å²) < 4.78 is 5.31. The monoisotopic (exact) mass is 286 g/mol. The molecule has 4 N–H and O–H groups in total. The van der Waals surface area contributed by atoms with E-state index in [4.69, 9.17) is 16.2 Å². The smallest absolute Gasteiger partial charge is 0.142 e. The largest absolute Gasteiger partial charge is 0.495 e. The molecule has 0 unspecified atom stereocenters. The molecule has 1 aliphatic rings. The lowest BCUT2D eigenvalue weighted by atomic mass is 9.71. The molecule has 2 rings (SSSR count). The molecule has 1 aromatic carbocycles. The molecule has 0 heterocycles. The van der Waals surface area contributed by atoms with Crippen molar-refractivity contribution in [3.63, 3.8) is 0 Å². The Bertz CT molecular complexity index is 656. The zero-order chi connectivity index (χ0) is 15.8. The van der Waals surface area contributed by atoms with Gasteiger partial charge in [-0.1, -0.05) is 13.8 Å². The summed E-state index contributed by atoms with van der Waals surface area (Å²) in [5, 5.41) is 0. The fraction of sp³-hybridized carbons (Fsp3) is 0.375. The Morgan fingerprint density at radius 2 is 2.05 bits per heavy atom. The van der Waals surface area contributed by atoms with Gasteiger partial charge < -0.3 is 16.2 Å². The van der Waals surface area contributed by atoms with E-state index in [9.17, 15) is 0 Å². The van der Waals surface area contributed by atoms with E-state index in [0.717, 1.165) is 28.8 Å². The van der Waals surface area contributed by atoms with Crippen LogP contribution < -0.4 is 16.2 Å². The highest BCUT2D eigenvalue weighted by Crippen LogP contribution is 2.46. The van der Waals surface area contributed by atoms with Gasteiger partial charge in [-0.3, -0.25) is 9.98 Å². The third kappa shape index (κ3) is 2.28. The van der Waals surface area contributed by atoms with Gasteiger partial charge in [-0.15, -0.1) is 0 Å². The third-order valence-electron chi connectivity index (χ3n) is 3.98. The van der Waals surface area contributed by atoms with Crippen molar-refractivity contribution in [2.45, 2.75) is 20.3 Å². The van der Waals surface area contributed by atoms with Crippen LogP contribution in [0.2, 0.25) is 0 Å². The lowest BCUT2D eigenvalue weighted by Crippen LogP contribution is -2.33. The van der Waals surface area contributed by atoms with Crippen molar-refractivity contribution in [1.29, 1.82) is 0 Å². The molecule has 0 fully saturated rings. The summed E-state index contributed by atoms with van der Waals surface area (Å²) in [7, 11) is 3.29. The van der Waals surface area contributed by atoms with Crippen molar-refractivity contribution in [3.05, 3.63) is 28.8 Å². The zero-order valence-electron chi connectivity index (χ0n) is 13.0. The minimum atomic E-state index is -0.229. The predicted octanol–water partition coefficient (Wildman–Crippen LogP) is 2.26. The molecule has 5 heteroatoms. The number of benzene rings is 1. The van der Waals surface area contributed by atoms with Gasteiger partial charge in [-0.25, -0.2) is 0 Å². The molecule has 21 heavy (non-hydrogen) atoms. The van der Waals surface area contributed by atoms with Crippen LogP contribution in [0.25, 0.3) is 5.70 Å². The van der Waals surface area contributed by atoms with Gasteiger partial charge >= 0.3 is 0 Å². The van der Waals surface area contributed by atoms with Crippen LogP contribution in [0.15, 0.2) is 27.7 Å². The van der Waals surface area contributed by atoms with E-state index in [0.29, 0.717) is 17.3 Å². The molecule has 0 saturated carbocycles. The standard InChI is InChI=1S/C16H22N4O/c1-16(2)8-10-9(6-7-11(21-5)13(10)17)14(19-3)12(16)15(18)20-4/h6-7H,3,8,17H2,1-2,4-5H3,(H2,18,20). The van der Waals surface area contributed by atoms with Crippen molar-refractivity contribution >= 4 is 23.9 Å². The second-order valence-corrected chi connectivity index (χ2v) is 5.76. The summed E-state index contributed by atoms with van der Waals surface area (Å²) in [5.74, 6) is 1.16. The lowest BCUT2D eigenvalue weighted by Gasteiger charge is -2.35. The van der Waals surface area contributed by atoms with Gasteiger partial charge in [0.05, 0.1) is 18.5 Å². The molecule has 0 bridgehead atoms. The van der Waals surface area contributed by atoms with Gasteiger partial charge in [0.1, 0.15) is 11.6 Å². The lowest BCUT2D eigenvalue weighted by molar-refractivity contribution is 0.413. The maximum Gasteiger partial charge on any atom is 0.142 e. The number of nitrogens with two attached hydrogens (primary N) is 2. The van der Waals surface area contributed by atoms with Crippen LogP contribution in [0.4, 0.5) is 5.69 Å². The predicted molar refractivity (Wildman–Crippen MR) is 88.9 cm³/mol. The van der Waals surface area contributed by atoms with Gasteiger partial charge in [-0.05, 0) is 36.2 Å². The Morgan fingerprint density at radius 3 is 2.57 bits per heavy atom. The molecule has 0 radical (unpaired) electrons. The van der Waals surface area contributed by atoms with Crippen molar-refractivity contribution in [2.24, 2.45) is 21.1 Å². The van der Waals surface area contributed by atoms with Crippen molar-refractivity contribution in [2.75, 3.05) is 19.9 Å². The van der Waals surface area contributed by atoms with E-state index < -0.39 is 0 Å². The van der Waals surface area contributed by atoms with E-state index in [1.165, 1.54) is 0 Å². The highest BCUT2D eigenvalue weighted by Gasteiger charge is 2.36. The van der Waals surface area contributed by atoms with E-state index >= 15 is 0 Å². The molecule has 1 aromatic rings. The first-order valence-corrected chi connectivity index (χ1v) is 6.77. The molecule has 5 nitrogen and oxygen atoms in total. The highest BCUT2D eigenvalue weighted by atomic mass is 16.5. The number of ether oxygens (including phenoxy) is 1. The minimum Gasteiger partial charge on any atom is -0.495 e. The number of aliphatic imine (C=N–C) groups is 2. The van der Waals surface area contributed by atoms with Crippen LogP contribution in [0.3, 0.4) is 0 Å². The Kier molecular flexibility index (Phi) is 3.77. The fourth-order valence-electron chi connectivity index (χ4n) is 2.96. The van der Waals surface area contributed by atoms with Crippen LogP contribution in [0, 0.1) is 5.41 Å². The Hall–Kier alpha value is -2.30. The summed E-state index contributed by atoms with van der Waals surface area (Å²) in [6, 6.07) is 3.79. The number of fused-ring (bicyclic) bond motifs is 1. The first kappa shape index (κ1) is 15.1. The third-order valence-corrected chi connectivity index (χ3v) is 3.98. The van der Waals surface area contributed by atoms with Gasteiger partial charge in [-0.2, -0.15) is 0 Å². The van der Waals surface area contributed by atoms with Crippen molar-refractivity contribution < 1.29 is 4.74 Å². The highest BCUT2D eigenvalue weighted by molar-refractivity contribution is 6.06. The molecule has 0 atom stereocenters. The number of nitrogen functional groups attached to an aromatic ring is 1. The number of anilines is 1. The van der Waals surface area contributed by atoms with Gasteiger partial charge in [0, 0.05) is 18.2 Å². The minimum absolute atomic E-state index is 0.229. The second-order valence-electron chi connectivity index (χ2n) is 5.76. The first-order chi connectivity index (χ1) is 9.87. The van der Waals surface area contributed by atoms with E-state index in [1.807, 2.05) is 12.1 Å². The topological polar surface area (TPSA) is 86.0 Å². The summed E-state index contributed by atoms with van der Waals surface area (Å²) in [5.41, 5.74) is 16.4. The van der Waals surface area contributed by atoms with Crippen LogP contribution in [0.1, 0.15) is 25.0 Å². The molecule has 0 spiro atoms. The van der Waals surface area contributed by atoms with E-state index in [2.05, 4.69) is 30.5 Å². The Balaban J connectivity index is 2.82. The van der Waals surface area contributed by atoms with E-state index in [-0.39, 0.29) is 5.41 Å². The van der Waals surface area contributed by atoms with Crippen LogP contribution in [0.5, 0.6) is 5.75 Å². The van der Waals surface area contributed by atoms with Crippen LogP contribution in [-0.2, 0) is 6.42 Å². The van der Waals surface area contributed by atoms with Crippen molar-refractivity contribution in [1.82, 2.24) is 0 Å². The summed E-state index contributed by atoms with van der Waals surface area (Å²) >= 11 is 0. The molecule has 1 aliphatic carbocycles. The molecular weight excluding hydrogens is 264 g/mol. The second kappa shape index (κ2) is 5.24. The number of hydrogen-bond acceptors (Lipinski definition) is 4. The normalized spacial score (nSPS) is 17.4. The van der Waals surface area contributed by atoms with Gasteiger partial charge in [0.25, 0.3) is 0 Å². The summed E-state index contributed by atoms with van der Waals surface area (Å²) in [6.45, 7) is 7.91. The number of rotatable bonds is 3. The number of hydrogen-bond donors (Lipinski definition) is 2. The van der Waals surface area contributed by atoms with Gasteiger partial charge in [0.2, 0.25) is 0 Å². The molecular formula is C16H22N4O. The first-order valence-electron chi connectivity index (χ1n) is 6.77. The number of amidine groups is 1. The molecule has 0 amide bonds. The summed E-state index contributed by atoms with van der Waals surface area (Å²) in [6.07, 6.45) is 0.746.